The average molecular weight is 506 g/mol. The lowest BCUT2D eigenvalue weighted by molar-refractivity contribution is -0.141. The van der Waals surface area contributed by atoms with Crippen molar-refractivity contribution in [1.82, 2.24) is 5.48 Å². The molecule has 1 unspecified atom stereocenters. The first-order valence-corrected chi connectivity index (χ1v) is 13.4. The van der Waals surface area contributed by atoms with Crippen LogP contribution < -0.4 is 10.2 Å². The van der Waals surface area contributed by atoms with E-state index in [2.05, 4.69) is 5.48 Å². The van der Waals surface area contributed by atoms with Crippen molar-refractivity contribution in [2.75, 3.05) is 13.2 Å². The van der Waals surface area contributed by atoms with Crippen LogP contribution in [0, 0.1) is 17.8 Å². The molecule has 7 rings (SSSR count). The van der Waals surface area contributed by atoms with Crippen LogP contribution in [0.25, 0.3) is 0 Å². The van der Waals surface area contributed by atoms with E-state index in [0.717, 1.165) is 48.3 Å². The van der Waals surface area contributed by atoms with Gasteiger partial charge in [-0.15, -0.1) is 0 Å². The average Bonchev–Trinajstić information content (AvgIpc) is 3.24. The Kier molecular flexibility index (Phi) is 6.24. The zero-order valence-corrected chi connectivity index (χ0v) is 21.5. The molecule has 1 aliphatic heterocycles. The second kappa shape index (κ2) is 9.44. The molecule has 1 atom stereocenters. The third-order valence-electron chi connectivity index (χ3n) is 8.59. The van der Waals surface area contributed by atoms with Crippen molar-refractivity contribution in [3.05, 3.63) is 65.2 Å². The van der Waals surface area contributed by atoms with Crippen LogP contribution in [0.15, 0.2) is 48.5 Å². The molecule has 4 aliphatic carbocycles. The SMILES string of the molecule is CC1(C)OCC(COc2ccc(C(=O)NOC(=O)c3ccccc3)cc2C23CC4CC(CC(C4)C2)C3)O1. The molecule has 2 aromatic carbocycles. The second-order valence-corrected chi connectivity index (χ2v) is 11.9. The van der Waals surface area contributed by atoms with Crippen LogP contribution in [0.2, 0.25) is 0 Å². The highest BCUT2D eigenvalue weighted by molar-refractivity contribution is 5.96. The van der Waals surface area contributed by atoms with Crippen LogP contribution in [0.4, 0.5) is 0 Å². The summed E-state index contributed by atoms with van der Waals surface area (Å²) < 4.78 is 18.0. The number of amides is 1. The summed E-state index contributed by atoms with van der Waals surface area (Å²) >= 11 is 0. The number of hydrogen-bond donors (Lipinski definition) is 1. The van der Waals surface area contributed by atoms with Crippen molar-refractivity contribution in [3.8, 4) is 5.75 Å². The van der Waals surface area contributed by atoms with Gasteiger partial charge in [0.1, 0.15) is 18.5 Å². The Balaban J connectivity index is 1.23. The number of carbonyl (C=O) groups excluding carboxylic acids is 2. The maximum Gasteiger partial charge on any atom is 0.362 e. The smallest absolute Gasteiger partial charge is 0.362 e. The van der Waals surface area contributed by atoms with Crippen molar-refractivity contribution in [2.45, 2.75) is 69.7 Å². The summed E-state index contributed by atoms with van der Waals surface area (Å²) in [7, 11) is 0. The lowest BCUT2D eigenvalue weighted by Crippen LogP contribution is -2.48. The van der Waals surface area contributed by atoms with Gasteiger partial charge < -0.3 is 19.0 Å². The van der Waals surface area contributed by atoms with Gasteiger partial charge in [-0.1, -0.05) is 18.2 Å². The Hall–Kier alpha value is -2.90. The molecule has 0 aromatic heterocycles. The number of rotatable bonds is 6. The van der Waals surface area contributed by atoms with Crippen LogP contribution >= 0.6 is 0 Å². The Morgan fingerprint density at radius 2 is 1.62 bits per heavy atom. The standard InChI is InChI=1S/C30H35NO6/c1-29(2)35-18-24(36-29)17-34-26-9-8-23(27(32)31-37-28(33)22-6-4-3-5-7-22)13-25(26)30-14-19-10-20(15-30)12-21(11-19)16-30/h3-9,13,19-21,24H,10-12,14-18H2,1-2H3,(H,31,32). The summed E-state index contributed by atoms with van der Waals surface area (Å²) in [5.41, 5.74) is 4.30. The maximum atomic E-state index is 13.0. The van der Waals surface area contributed by atoms with Crippen molar-refractivity contribution < 1.29 is 28.6 Å². The van der Waals surface area contributed by atoms with Crippen LogP contribution in [-0.4, -0.2) is 37.0 Å². The third kappa shape index (κ3) is 4.99. The molecule has 0 radical (unpaired) electrons. The summed E-state index contributed by atoms with van der Waals surface area (Å²) in [6.07, 6.45) is 7.26. The molecule has 1 heterocycles. The first-order chi connectivity index (χ1) is 17.8. The number of carbonyl (C=O) groups is 2. The Labute approximate surface area is 217 Å². The van der Waals surface area contributed by atoms with Gasteiger partial charge in [0.2, 0.25) is 0 Å². The highest BCUT2D eigenvalue weighted by atomic mass is 16.7. The number of ether oxygens (including phenoxy) is 3. The van der Waals surface area contributed by atoms with Crippen LogP contribution in [0.3, 0.4) is 0 Å². The summed E-state index contributed by atoms with van der Waals surface area (Å²) in [6.45, 7) is 4.70. The minimum Gasteiger partial charge on any atom is -0.490 e. The molecule has 196 valence electrons. The van der Waals surface area contributed by atoms with E-state index in [1.165, 1.54) is 19.3 Å². The highest BCUT2D eigenvalue weighted by Gasteiger charge is 2.52. The van der Waals surface area contributed by atoms with Gasteiger partial charge in [0.05, 0.1) is 12.2 Å². The van der Waals surface area contributed by atoms with E-state index >= 15 is 0 Å². The molecule has 4 bridgehead atoms. The number of benzene rings is 2. The third-order valence-corrected chi connectivity index (χ3v) is 8.59. The Morgan fingerprint density at radius 3 is 2.24 bits per heavy atom. The summed E-state index contributed by atoms with van der Waals surface area (Å²) in [5, 5.41) is 0. The molecule has 0 spiro atoms. The van der Waals surface area contributed by atoms with Gasteiger partial charge in [0.15, 0.2) is 5.79 Å². The summed E-state index contributed by atoms with van der Waals surface area (Å²) in [6, 6.07) is 14.2. The van der Waals surface area contributed by atoms with Gasteiger partial charge in [0, 0.05) is 11.1 Å². The molecule has 1 amide bonds. The summed E-state index contributed by atoms with van der Waals surface area (Å²) in [5.74, 6) is 1.40. The van der Waals surface area contributed by atoms with E-state index in [4.69, 9.17) is 19.0 Å². The number of hydrogen-bond acceptors (Lipinski definition) is 6. The van der Waals surface area contributed by atoms with Gasteiger partial charge >= 0.3 is 5.97 Å². The minimum absolute atomic E-state index is 0.0212. The molecule has 5 fully saturated rings. The lowest BCUT2D eigenvalue weighted by Gasteiger charge is -2.57. The predicted molar refractivity (Wildman–Crippen MR) is 136 cm³/mol. The fourth-order valence-electron chi connectivity index (χ4n) is 7.46. The molecule has 7 heteroatoms. The van der Waals surface area contributed by atoms with Gasteiger partial charge in [-0.3, -0.25) is 4.79 Å². The first kappa shape index (κ1) is 24.4. The molecule has 7 nitrogen and oxygen atoms in total. The van der Waals surface area contributed by atoms with E-state index in [-0.39, 0.29) is 11.5 Å². The summed E-state index contributed by atoms with van der Waals surface area (Å²) in [4.78, 5) is 30.5. The molecule has 37 heavy (non-hydrogen) atoms. The molecule has 2 aromatic rings. The molecule has 5 aliphatic rings. The van der Waals surface area contributed by atoms with Gasteiger partial charge in [-0.05, 0) is 106 Å². The van der Waals surface area contributed by atoms with Crippen LogP contribution in [0.5, 0.6) is 5.75 Å². The number of nitrogens with one attached hydrogen (secondary N) is 1. The minimum atomic E-state index is -0.601. The Morgan fingerprint density at radius 1 is 0.946 bits per heavy atom. The monoisotopic (exact) mass is 505 g/mol. The fraction of sp³-hybridized carbons (Fsp3) is 0.533. The first-order valence-electron chi connectivity index (χ1n) is 13.4. The second-order valence-electron chi connectivity index (χ2n) is 11.9. The van der Waals surface area contributed by atoms with Gasteiger partial charge in [-0.25, -0.2) is 4.79 Å². The highest BCUT2D eigenvalue weighted by Crippen LogP contribution is 2.62. The Bertz CT molecular complexity index is 1140. The topological polar surface area (TPSA) is 83.1 Å². The van der Waals surface area contributed by atoms with Crippen molar-refractivity contribution >= 4 is 11.9 Å². The van der Waals surface area contributed by atoms with E-state index in [1.54, 1.807) is 30.3 Å². The largest absolute Gasteiger partial charge is 0.490 e. The van der Waals surface area contributed by atoms with Gasteiger partial charge in [-0.2, -0.15) is 5.48 Å². The number of hydroxylamine groups is 1. The van der Waals surface area contributed by atoms with E-state index in [9.17, 15) is 9.59 Å². The van der Waals surface area contributed by atoms with Crippen molar-refractivity contribution in [3.63, 3.8) is 0 Å². The lowest BCUT2D eigenvalue weighted by atomic mass is 9.48. The van der Waals surface area contributed by atoms with Crippen LogP contribution in [0.1, 0.15) is 78.7 Å². The quantitative estimate of drug-likeness (QED) is 0.545. The maximum absolute atomic E-state index is 13.0. The molecule has 1 saturated heterocycles. The fourth-order valence-corrected chi connectivity index (χ4v) is 7.46. The molecule has 1 N–H and O–H groups in total. The van der Waals surface area contributed by atoms with Crippen molar-refractivity contribution in [1.29, 1.82) is 0 Å². The normalized spacial score (nSPS) is 31.2. The van der Waals surface area contributed by atoms with E-state index in [0.29, 0.717) is 24.3 Å². The van der Waals surface area contributed by atoms with Crippen LogP contribution in [-0.2, 0) is 19.7 Å². The molecular weight excluding hydrogens is 470 g/mol. The van der Waals surface area contributed by atoms with E-state index in [1.807, 2.05) is 32.0 Å². The predicted octanol–water partition coefficient (Wildman–Crippen LogP) is 5.19. The zero-order valence-electron chi connectivity index (χ0n) is 21.5. The van der Waals surface area contributed by atoms with Crippen molar-refractivity contribution in [2.24, 2.45) is 17.8 Å². The molecular formula is C30H35NO6. The van der Waals surface area contributed by atoms with Gasteiger partial charge in [0.25, 0.3) is 5.91 Å². The van der Waals surface area contributed by atoms with E-state index < -0.39 is 17.7 Å². The molecule has 4 saturated carbocycles. The zero-order chi connectivity index (χ0) is 25.6.